The van der Waals surface area contributed by atoms with E-state index >= 15 is 0 Å². The summed E-state index contributed by atoms with van der Waals surface area (Å²) in [7, 11) is 8.83. The first-order valence-corrected chi connectivity index (χ1v) is 20.7. The fourth-order valence-corrected chi connectivity index (χ4v) is 7.08. The number of carbonyl (C=O) groups excluding carboxylic acids is 4. The summed E-state index contributed by atoms with van der Waals surface area (Å²) in [5.74, 6) is 5.50. The molecule has 16 nitrogen and oxygen atoms in total. The van der Waals surface area contributed by atoms with E-state index in [4.69, 9.17) is 28.4 Å². The highest BCUT2D eigenvalue weighted by Crippen LogP contribution is 2.37. The van der Waals surface area contributed by atoms with Crippen molar-refractivity contribution in [2.45, 2.75) is 26.4 Å². The highest BCUT2D eigenvalue weighted by atomic mass is 16.5. The second-order valence-corrected chi connectivity index (χ2v) is 14.9. The first kappa shape index (κ1) is 49.2. The maximum Gasteiger partial charge on any atom is 0.343 e. The van der Waals surface area contributed by atoms with Crippen molar-refractivity contribution in [3.63, 3.8) is 0 Å². The molecule has 0 radical (unpaired) electrons. The van der Waals surface area contributed by atoms with E-state index in [2.05, 4.69) is 11.8 Å². The molecule has 350 valence electrons. The molecule has 6 aromatic carbocycles. The van der Waals surface area contributed by atoms with Crippen molar-refractivity contribution in [1.82, 2.24) is 0 Å². The molecule has 0 aliphatic rings. The van der Waals surface area contributed by atoms with Crippen LogP contribution in [0.15, 0.2) is 109 Å². The zero-order valence-electron chi connectivity index (χ0n) is 38.0. The normalized spacial score (nSPS) is 10.6. The fourth-order valence-electron chi connectivity index (χ4n) is 7.08. The molecule has 16 heteroatoms. The number of anilines is 2. The van der Waals surface area contributed by atoms with E-state index in [1.807, 2.05) is 0 Å². The zero-order chi connectivity index (χ0) is 49.1. The first-order chi connectivity index (χ1) is 32.8. The molecule has 0 spiro atoms. The minimum atomic E-state index is -0.710. The van der Waals surface area contributed by atoms with Crippen molar-refractivity contribution in [3.8, 4) is 46.3 Å². The average molecular weight is 925 g/mol. The molecule has 0 aromatic heterocycles. The largest absolute Gasteiger partial charge is 0.496 e. The lowest BCUT2D eigenvalue weighted by atomic mass is 9.98. The van der Waals surface area contributed by atoms with E-state index in [0.29, 0.717) is 45.1 Å². The van der Waals surface area contributed by atoms with Crippen LogP contribution in [0.5, 0.6) is 34.5 Å². The Labute approximate surface area is 392 Å². The van der Waals surface area contributed by atoms with Gasteiger partial charge in [-0.2, -0.15) is 0 Å². The number of nitrogens with zero attached hydrogens (tertiary/aromatic N) is 2. The van der Waals surface area contributed by atoms with Crippen molar-refractivity contribution < 1.29 is 68.0 Å². The smallest absolute Gasteiger partial charge is 0.343 e. The van der Waals surface area contributed by atoms with Crippen LogP contribution < -0.4 is 38.2 Å². The van der Waals surface area contributed by atoms with Crippen LogP contribution in [0, 0.1) is 11.8 Å². The Bertz CT molecular complexity index is 2710. The van der Waals surface area contributed by atoms with Crippen LogP contribution in [0.3, 0.4) is 0 Å². The number of carbonyl (C=O) groups is 4. The van der Waals surface area contributed by atoms with E-state index in [1.165, 1.54) is 93.8 Å². The molecule has 0 bridgehead atoms. The SMILES string of the molecule is COc1cc(OC)c(C(=O)N(C)c2ccc(C(=O)Oc3ccc(C#Cc4ccc(OC(=O)c5ccc(N(C)C(=O)c6cc(CO)c(CO)cc6CO)c(CO)c5)cc4)cc3)cc2OC)cc1OC. The molecule has 6 aromatic rings. The summed E-state index contributed by atoms with van der Waals surface area (Å²) in [5.41, 5.74) is 3.76. The van der Waals surface area contributed by atoms with E-state index in [1.54, 1.807) is 67.7 Å². The first-order valence-electron chi connectivity index (χ1n) is 20.7. The van der Waals surface area contributed by atoms with Crippen LogP contribution in [-0.4, -0.2) is 86.7 Å². The topological polar surface area (TPSA) is 211 Å². The van der Waals surface area contributed by atoms with Crippen LogP contribution in [0.1, 0.15) is 74.8 Å². The Kier molecular flexibility index (Phi) is 16.2. The third-order valence-corrected chi connectivity index (χ3v) is 10.8. The molecule has 0 atom stereocenters. The van der Waals surface area contributed by atoms with Gasteiger partial charge in [0.2, 0.25) is 0 Å². The van der Waals surface area contributed by atoms with Crippen LogP contribution in [0.2, 0.25) is 0 Å². The molecule has 0 aliphatic heterocycles. The standard InChI is InChI=1S/C52H48N2O14/c1-53(49(59)41-23-36(28-56)35(27-55)22-37(41)29-57)43-19-13-33(21-38(43)30-58)51(61)67-39-15-9-31(10-16-39)7-8-32-11-17-40(18-12-32)68-52(62)34-14-20-44(46(24-34)64-4)54(2)50(60)42-25-47(65-5)48(66-6)26-45(42)63-3/h9-26,55-58H,27-30H2,1-6H3. The van der Waals surface area contributed by atoms with Gasteiger partial charge in [0.1, 0.15) is 23.0 Å². The fraction of sp³-hybridized carbons (Fsp3) is 0.192. The summed E-state index contributed by atoms with van der Waals surface area (Å²) in [6, 6.07) is 27.9. The zero-order valence-corrected chi connectivity index (χ0v) is 38.0. The molecule has 2 amide bonds. The summed E-state index contributed by atoms with van der Waals surface area (Å²) in [4.78, 5) is 56.1. The molecule has 6 rings (SSSR count). The van der Waals surface area contributed by atoms with Gasteiger partial charge in [0.25, 0.3) is 11.8 Å². The van der Waals surface area contributed by atoms with E-state index < -0.39 is 43.6 Å². The molecule has 0 saturated heterocycles. The minimum Gasteiger partial charge on any atom is -0.496 e. The van der Waals surface area contributed by atoms with Gasteiger partial charge in [0.05, 0.1) is 77.2 Å². The average Bonchev–Trinajstić information content (AvgIpc) is 3.38. The quantitative estimate of drug-likeness (QED) is 0.0493. The lowest BCUT2D eigenvalue weighted by molar-refractivity contribution is 0.0725. The lowest BCUT2D eigenvalue weighted by Gasteiger charge is -2.23. The molecule has 68 heavy (non-hydrogen) atoms. The number of methoxy groups -OCH3 is 4. The molecule has 0 aliphatic carbocycles. The Hall–Kier alpha value is -8.20. The second-order valence-electron chi connectivity index (χ2n) is 14.9. The van der Waals surface area contributed by atoms with Crippen molar-refractivity contribution in [2.75, 3.05) is 52.3 Å². The Balaban J connectivity index is 1.06. The number of aliphatic hydroxyl groups is 4. The van der Waals surface area contributed by atoms with Crippen LogP contribution in [0.25, 0.3) is 0 Å². The second kappa shape index (κ2) is 22.3. The number of ether oxygens (including phenoxy) is 6. The lowest BCUT2D eigenvalue weighted by Crippen LogP contribution is -2.29. The summed E-state index contributed by atoms with van der Waals surface area (Å²) >= 11 is 0. The summed E-state index contributed by atoms with van der Waals surface area (Å²) in [6.45, 7) is -1.81. The predicted molar refractivity (Wildman–Crippen MR) is 250 cm³/mol. The van der Waals surface area contributed by atoms with Gasteiger partial charge in [-0.1, -0.05) is 17.9 Å². The van der Waals surface area contributed by atoms with Gasteiger partial charge in [0, 0.05) is 54.2 Å². The molecular weight excluding hydrogens is 877 g/mol. The highest BCUT2D eigenvalue weighted by Gasteiger charge is 2.26. The number of aliphatic hydroxyl groups excluding tert-OH is 4. The monoisotopic (exact) mass is 924 g/mol. The Morgan fingerprint density at radius 2 is 0.882 bits per heavy atom. The van der Waals surface area contributed by atoms with Gasteiger partial charge < -0.3 is 58.6 Å². The summed E-state index contributed by atoms with van der Waals surface area (Å²) < 4.78 is 32.9. The van der Waals surface area contributed by atoms with Crippen molar-refractivity contribution in [1.29, 1.82) is 0 Å². The Morgan fingerprint density at radius 1 is 0.441 bits per heavy atom. The van der Waals surface area contributed by atoms with Crippen molar-refractivity contribution in [3.05, 3.63) is 165 Å². The Morgan fingerprint density at radius 3 is 1.38 bits per heavy atom. The minimum absolute atomic E-state index is 0.104. The van der Waals surface area contributed by atoms with Gasteiger partial charge in [0.15, 0.2) is 11.5 Å². The van der Waals surface area contributed by atoms with Gasteiger partial charge in [-0.15, -0.1) is 0 Å². The van der Waals surface area contributed by atoms with Crippen LogP contribution >= 0.6 is 0 Å². The number of esters is 2. The van der Waals surface area contributed by atoms with Crippen LogP contribution in [0.4, 0.5) is 11.4 Å². The third-order valence-electron chi connectivity index (χ3n) is 10.8. The number of amides is 2. The van der Waals surface area contributed by atoms with Gasteiger partial charge in [-0.05, 0) is 108 Å². The van der Waals surface area contributed by atoms with Gasteiger partial charge in [-0.3, -0.25) is 9.59 Å². The molecule has 0 heterocycles. The highest BCUT2D eigenvalue weighted by molar-refractivity contribution is 6.09. The molecule has 0 fully saturated rings. The summed E-state index contributed by atoms with van der Waals surface area (Å²) in [5, 5.41) is 39.5. The van der Waals surface area contributed by atoms with E-state index in [0.717, 1.165) is 0 Å². The summed E-state index contributed by atoms with van der Waals surface area (Å²) in [6.07, 6.45) is 0. The molecular formula is C52H48N2O14. The number of hydrogen-bond donors (Lipinski definition) is 4. The van der Waals surface area contributed by atoms with E-state index in [-0.39, 0.29) is 63.0 Å². The van der Waals surface area contributed by atoms with Gasteiger partial charge in [-0.25, -0.2) is 9.59 Å². The van der Waals surface area contributed by atoms with Crippen molar-refractivity contribution >= 4 is 35.1 Å². The number of hydrogen-bond acceptors (Lipinski definition) is 14. The molecule has 0 unspecified atom stereocenters. The van der Waals surface area contributed by atoms with Crippen LogP contribution in [-0.2, 0) is 26.4 Å². The van der Waals surface area contributed by atoms with Gasteiger partial charge >= 0.3 is 11.9 Å². The van der Waals surface area contributed by atoms with E-state index in [9.17, 15) is 39.6 Å². The maximum absolute atomic E-state index is 13.6. The third kappa shape index (κ3) is 10.9. The van der Waals surface area contributed by atoms with Crippen molar-refractivity contribution in [2.24, 2.45) is 0 Å². The maximum atomic E-state index is 13.6. The number of rotatable bonds is 16. The predicted octanol–water partition coefficient (Wildman–Crippen LogP) is 6.08. The number of benzene rings is 6. The molecule has 4 N–H and O–H groups in total. The molecule has 0 saturated carbocycles.